The fourth-order valence-corrected chi connectivity index (χ4v) is 2.21. The van der Waals surface area contributed by atoms with Gasteiger partial charge >= 0.3 is 0 Å². The third-order valence-corrected chi connectivity index (χ3v) is 3.50. The lowest BCUT2D eigenvalue weighted by molar-refractivity contribution is -0.147. The van der Waals surface area contributed by atoms with Crippen molar-refractivity contribution in [3.8, 4) is 0 Å². The molecule has 5 nitrogen and oxygen atoms in total. The van der Waals surface area contributed by atoms with Gasteiger partial charge in [-0.1, -0.05) is 0 Å². The Morgan fingerprint density at radius 3 is 2.63 bits per heavy atom. The number of carbonyl (C=O) groups excluding carboxylic acids is 2. The number of furan rings is 1. The molecule has 2 heterocycles. The number of hydrogen-bond acceptors (Lipinski definition) is 3. The van der Waals surface area contributed by atoms with Crippen LogP contribution in [0.4, 0.5) is 0 Å². The number of carbonyl (C=O) groups is 2. The minimum Gasteiger partial charge on any atom is -0.467 e. The van der Waals surface area contributed by atoms with Crippen LogP contribution in [-0.4, -0.2) is 29.8 Å². The Hall–Kier alpha value is -1.78. The van der Waals surface area contributed by atoms with Gasteiger partial charge in [0.25, 0.3) is 0 Å². The van der Waals surface area contributed by atoms with Gasteiger partial charge in [0.2, 0.25) is 11.8 Å². The summed E-state index contributed by atoms with van der Waals surface area (Å²) in [5, 5.41) is 2.75. The van der Waals surface area contributed by atoms with Gasteiger partial charge in [0, 0.05) is 13.1 Å². The Morgan fingerprint density at radius 1 is 1.37 bits per heavy atom. The zero-order valence-corrected chi connectivity index (χ0v) is 11.4. The van der Waals surface area contributed by atoms with Crippen molar-refractivity contribution >= 4 is 11.8 Å². The molecule has 2 amide bonds. The molecule has 1 aliphatic heterocycles. The third kappa shape index (κ3) is 2.97. The summed E-state index contributed by atoms with van der Waals surface area (Å²) in [6, 6.07) is 3.55. The van der Waals surface area contributed by atoms with Crippen molar-refractivity contribution in [2.45, 2.75) is 33.2 Å². The van der Waals surface area contributed by atoms with Crippen LogP contribution in [0.5, 0.6) is 0 Å². The molecule has 5 heteroatoms. The van der Waals surface area contributed by atoms with Crippen LogP contribution in [0.15, 0.2) is 22.8 Å². The van der Waals surface area contributed by atoms with Crippen LogP contribution < -0.4 is 5.32 Å². The minimum atomic E-state index is -1.03. The van der Waals surface area contributed by atoms with E-state index >= 15 is 0 Å². The zero-order valence-electron chi connectivity index (χ0n) is 11.4. The molecular formula is C14H20N2O3. The van der Waals surface area contributed by atoms with E-state index in [0.717, 1.165) is 25.9 Å². The first-order valence-corrected chi connectivity index (χ1v) is 6.62. The Balaban J connectivity index is 1.93. The summed E-state index contributed by atoms with van der Waals surface area (Å²) in [5.41, 5.74) is -1.03. The molecule has 0 saturated carbocycles. The molecule has 0 atom stereocenters. The average molecular weight is 264 g/mol. The predicted molar refractivity (Wildman–Crippen MR) is 70.1 cm³/mol. The normalized spacial score (nSPS) is 15.6. The van der Waals surface area contributed by atoms with Crippen molar-refractivity contribution in [3.63, 3.8) is 0 Å². The fourth-order valence-electron chi connectivity index (χ4n) is 2.21. The summed E-state index contributed by atoms with van der Waals surface area (Å²) in [6.45, 7) is 5.17. The van der Waals surface area contributed by atoms with Gasteiger partial charge in [-0.3, -0.25) is 9.59 Å². The van der Waals surface area contributed by atoms with E-state index in [4.69, 9.17) is 4.42 Å². The van der Waals surface area contributed by atoms with E-state index in [-0.39, 0.29) is 11.8 Å². The quantitative estimate of drug-likeness (QED) is 0.839. The molecular weight excluding hydrogens is 244 g/mol. The topological polar surface area (TPSA) is 62.6 Å². The van der Waals surface area contributed by atoms with E-state index in [2.05, 4.69) is 5.32 Å². The van der Waals surface area contributed by atoms with Gasteiger partial charge in [-0.15, -0.1) is 0 Å². The lowest BCUT2D eigenvalue weighted by atomic mass is 9.90. The lowest BCUT2D eigenvalue weighted by Crippen LogP contribution is -2.48. The van der Waals surface area contributed by atoms with Crippen LogP contribution in [0.1, 0.15) is 32.4 Å². The summed E-state index contributed by atoms with van der Waals surface area (Å²) >= 11 is 0. The summed E-state index contributed by atoms with van der Waals surface area (Å²) in [5.74, 6) is 0.320. The van der Waals surface area contributed by atoms with E-state index in [1.165, 1.54) is 0 Å². The van der Waals surface area contributed by atoms with Crippen LogP contribution in [0.25, 0.3) is 0 Å². The molecule has 2 rings (SSSR count). The Labute approximate surface area is 113 Å². The number of likely N-dealkylation sites (tertiary alicyclic amines) is 1. The van der Waals surface area contributed by atoms with Gasteiger partial charge in [0.05, 0.1) is 12.8 Å². The van der Waals surface area contributed by atoms with E-state index in [1.807, 2.05) is 0 Å². The summed E-state index contributed by atoms with van der Waals surface area (Å²) in [6.07, 6.45) is 3.60. The highest BCUT2D eigenvalue weighted by molar-refractivity contribution is 6.04. The van der Waals surface area contributed by atoms with Gasteiger partial charge < -0.3 is 14.6 Å². The Morgan fingerprint density at radius 2 is 2.05 bits per heavy atom. The molecule has 0 aromatic carbocycles. The number of amides is 2. The van der Waals surface area contributed by atoms with E-state index in [1.54, 1.807) is 37.1 Å². The second kappa shape index (κ2) is 5.47. The van der Waals surface area contributed by atoms with E-state index < -0.39 is 5.41 Å². The van der Waals surface area contributed by atoms with Crippen LogP contribution in [0.3, 0.4) is 0 Å². The molecule has 0 unspecified atom stereocenters. The van der Waals surface area contributed by atoms with Crippen LogP contribution >= 0.6 is 0 Å². The lowest BCUT2D eigenvalue weighted by Gasteiger charge is -2.27. The van der Waals surface area contributed by atoms with Gasteiger partial charge in [-0.25, -0.2) is 0 Å². The Kier molecular flexibility index (Phi) is 3.93. The predicted octanol–water partition coefficient (Wildman–Crippen LogP) is 1.54. The Bertz CT molecular complexity index is 445. The molecule has 0 radical (unpaired) electrons. The highest BCUT2D eigenvalue weighted by Crippen LogP contribution is 2.22. The first kappa shape index (κ1) is 13.6. The molecule has 1 fully saturated rings. The maximum absolute atomic E-state index is 12.3. The summed E-state index contributed by atoms with van der Waals surface area (Å²) < 4.78 is 5.15. The highest BCUT2D eigenvalue weighted by atomic mass is 16.3. The van der Waals surface area contributed by atoms with Crippen LogP contribution in [0, 0.1) is 5.41 Å². The fraction of sp³-hybridized carbons (Fsp3) is 0.571. The summed E-state index contributed by atoms with van der Waals surface area (Å²) in [4.78, 5) is 26.2. The third-order valence-electron chi connectivity index (χ3n) is 3.50. The first-order chi connectivity index (χ1) is 9.01. The van der Waals surface area contributed by atoms with Crippen molar-refractivity contribution in [2.24, 2.45) is 5.41 Å². The molecule has 1 aromatic rings. The maximum Gasteiger partial charge on any atom is 0.237 e. The largest absolute Gasteiger partial charge is 0.467 e. The monoisotopic (exact) mass is 264 g/mol. The molecule has 1 N–H and O–H groups in total. The maximum atomic E-state index is 12.3. The van der Waals surface area contributed by atoms with Crippen molar-refractivity contribution in [1.82, 2.24) is 10.2 Å². The van der Waals surface area contributed by atoms with Gasteiger partial charge in [-0.05, 0) is 38.8 Å². The van der Waals surface area contributed by atoms with Gasteiger partial charge in [-0.2, -0.15) is 0 Å². The van der Waals surface area contributed by atoms with E-state index in [9.17, 15) is 9.59 Å². The number of nitrogens with zero attached hydrogens (tertiary/aromatic N) is 1. The summed E-state index contributed by atoms with van der Waals surface area (Å²) in [7, 11) is 0. The molecule has 1 aromatic heterocycles. The number of rotatable bonds is 4. The highest BCUT2D eigenvalue weighted by Gasteiger charge is 2.39. The molecule has 1 aliphatic rings. The molecule has 19 heavy (non-hydrogen) atoms. The van der Waals surface area contributed by atoms with Crippen LogP contribution in [0.2, 0.25) is 0 Å². The molecule has 0 bridgehead atoms. The molecule has 104 valence electrons. The molecule has 0 aliphatic carbocycles. The van der Waals surface area contributed by atoms with Crippen molar-refractivity contribution in [2.75, 3.05) is 13.1 Å². The minimum absolute atomic E-state index is 0.0954. The first-order valence-electron chi connectivity index (χ1n) is 6.62. The molecule has 0 spiro atoms. The van der Waals surface area contributed by atoms with Gasteiger partial charge in [0.15, 0.2) is 0 Å². The van der Waals surface area contributed by atoms with Crippen LogP contribution in [-0.2, 0) is 16.1 Å². The average Bonchev–Trinajstić information content (AvgIpc) is 3.07. The van der Waals surface area contributed by atoms with Crippen molar-refractivity contribution in [1.29, 1.82) is 0 Å². The van der Waals surface area contributed by atoms with Gasteiger partial charge in [0.1, 0.15) is 11.2 Å². The molecule has 1 saturated heterocycles. The SMILES string of the molecule is CC(C)(C(=O)NCc1ccco1)C(=O)N1CCCC1. The second-order valence-electron chi connectivity index (χ2n) is 5.39. The smallest absolute Gasteiger partial charge is 0.237 e. The zero-order chi connectivity index (χ0) is 13.9. The standard InChI is InChI=1S/C14H20N2O3/c1-14(2,13(18)16-7-3-4-8-16)12(17)15-10-11-6-5-9-19-11/h5-6,9H,3-4,7-8,10H2,1-2H3,(H,15,17). The van der Waals surface area contributed by atoms with E-state index in [0.29, 0.717) is 12.3 Å². The van der Waals surface area contributed by atoms with Crippen molar-refractivity contribution < 1.29 is 14.0 Å². The number of hydrogen-bond donors (Lipinski definition) is 1. The van der Waals surface area contributed by atoms with Crippen molar-refractivity contribution in [3.05, 3.63) is 24.2 Å². The second-order valence-corrected chi connectivity index (χ2v) is 5.39. The number of nitrogens with one attached hydrogen (secondary N) is 1.